The van der Waals surface area contributed by atoms with E-state index in [-0.39, 0.29) is 0 Å². The first-order chi connectivity index (χ1) is 2.64. The van der Waals surface area contributed by atoms with Crippen LogP contribution in [0.3, 0.4) is 0 Å². The van der Waals surface area contributed by atoms with Gasteiger partial charge in [-0.2, -0.15) is 12.6 Å². The third-order valence-electron chi connectivity index (χ3n) is 0.341. The predicted octanol–water partition coefficient (Wildman–Crippen LogP) is 0.262. The van der Waals surface area contributed by atoms with Crippen molar-refractivity contribution in [3.05, 3.63) is 0 Å². The average Bonchev–Trinajstić information content (AvgIpc) is 1.36. The van der Waals surface area contributed by atoms with E-state index < -0.39 is 11.2 Å². The Morgan fingerprint density at radius 3 is 2.00 bits per heavy atom. The van der Waals surface area contributed by atoms with Crippen LogP contribution >= 0.6 is 12.6 Å². The Morgan fingerprint density at radius 2 is 2.00 bits per heavy atom. The minimum absolute atomic E-state index is 0.648. The van der Waals surface area contributed by atoms with Crippen molar-refractivity contribution in [3.63, 3.8) is 0 Å². The molecule has 0 rings (SSSR count). The molecule has 0 aliphatic carbocycles. The summed E-state index contributed by atoms with van der Waals surface area (Å²) >= 11 is 3.53. The summed E-state index contributed by atoms with van der Waals surface area (Å²) in [6.45, 7) is 1.44. The van der Waals surface area contributed by atoms with E-state index >= 15 is 0 Å². The number of rotatable bonds is 1. The highest BCUT2D eigenvalue weighted by Gasteiger charge is 2.03. The maximum atomic E-state index is 9.51. The number of hydrogen-bond acceptors (Lipinski definition) is 2. The number of carbonyl (C=O) groups excluding carboxylic acids is 1. The van der Waals surface area contributed by atoms with Crippen LogP contribution in [-0.2, 0) is 9.90 Å². The highest BCUT2D eigenvalue weighted by molar-refractivity contribution is 7.81. The molecule has 0 aromatic rings. The Bertz CT molecular complexity index is 59.8. The van der Waals surface area contributed by atoms with Crippen molar-refractivity contribution in [1.29, 1.82) is 0 Å². The van der Waals surface area contributed by atoms with Gasteiger partial charge in [0.2, 0.25) is 0 Å². The molecule has 1 atom stereocenters. The summed E-state index contributed by atoms with van der Waals surface area (Å²) in [7, 11) is 0. The van der Waals surface area contributed by atoms with Crippen molar-refractivity contribution in [3.8, 4) is 0 Å². The largest absolute Gasteiger partial charge is 0.367 e. The molecule has 0 spiro atoms. The van der Waals surface area contributed by atoms with Gasteiger partial charge in [0.05, 0.1) is 0 Å². The van der Waals surface area contributed by atoms with Crippen molar-refractivity contribution in [1.82, 2.24) is 0 Å². The third-order valence-corrected chi connectivity index (χ3v) is 0.552. The quantitative estimate of drug-likeness (QED) is 0.477. The fourth-order valence-electron chi connectivity index (χ4n) is 0. The summed E-state index contributed by atoms with van der Waals surface area (Å²) in [5, 5.41) is 8.86. The van der Waals surface area contributed by atoms with Crippen molar-refractivity contribution >= 4 is 18.6 Å². The molecule has 0 saturated heterocycles. The first-order valence-corrected chi connectivity index (χ1v) is 2.05. The number of carbonyl (C=O) groups is 1. The van der Waals surface area contributed by atoms with Crippen molar-refractivity contribution in [2.45, 2.75) is 12.2 Å². The van der Waals surface area contributed by atoms with E-state index in [0.717, 1.165) is 0 Å². The molecular weight excluding hydrogens is 100 g/mol. The molecule has 6 heavy (non-hydrogen) atoms. The Morgan fingerprint density at radius 1 is 1.83 bits per heavy atom. The Hall–Kier alpha value is -0.180. The van der Waals surface area contributed by atoms with E-state index in [9.17, 15) is 9.90 Å². The summed E-state index contributed by atoms with van der Waals surface area (Å²) in [5.74, 6) is -1.13. The van der Waals surface area contributed by atoms with Crippen molar-refractivity contribution in [2.24, 2.45) is 0 Å². The molecule has 2 nitrogen and oxygen atoms in total. The van der Waals surface area contributed by atoms with Gasteiger partial charge >= 0.3 is 5.97 Å². The third kappa shape index (κ3) is 2.08. The van der Waals surface area contributed by atoms with Gasteiger partial charge < -0.3 is 0 Å². The van der Waals surface area contributed by atoms with Crippen LogP contribution in [0.1, 0.15) is 6.92 Å². The molecule has 0 aliphatic heterocycles. The van der Waals surface area contributed by atoms with E-state index in [1.807, 2.05) is 0 Å². The monoisotopic (exact) mass is 105 g/mol. The summed E-state index contributed by atoms with van der Waals surface area (Å²) in [6.07, 6.45) is 0. The lowest BCUT2D eigenvalue weighted by Gasteiger charge is -1.84. The van der Waals surface area contributed by atoms with Gasteiger partial charge in [-0.15, -0.1) is 0 Å². The van der Waals surface area contributed by atoms with Crippen molar-refractivity contribution < 1.29 is 9.90 Å². The first-order valence-electron chi connectivity index (χ1n) is 1.53. The van der Waals surface area contributed by atoms with Crippen LogP contribution in [-0.4, -0.2) is 11.2 Å². The first kappa shape index (κ1) is 5.82. The topological polar surface area (TPSA) is 37.0 Å². The zero-order valence-corrected chi connectivity index (χ0v) is 4.24. The van der Waals surface area contributed by atoms with Crippen LogP contribution in [0, 0.1) is 0 Å². The maximum Gasteiger partial charge on any atom is 0.367 e. The second-order valence-electron chi connectivity index (χ2n) is 0.995. The minimum Gasteiger partial charge on any atom is -0.246 e. The van der Waals surface area contributed by atoms with E-state index in [0.29, 0.717) is 0 Å². The average molecular weight is 105 g/mol. The van der Waals surface area contributed by atoms with Crippen LogP contribution in [0.5, 0.6) is 0 Å². The van der Waals surface area contributed by atoms with E-state index in [2.05, 4.69) is 12.6 Å². The Labute approximate surface area is 41.6 Å². The minimum atomic E-state index is -1.13. The molecule has 0 aromatic carbocycles. The summed E-state index contributed by atoms with van der Waals surface area (Å²) in [4.78, 5) is 9.51. The normalized spacial score (nSPS) is 13.7. The molecule has 0 heterocycles. The van der Waals surface area contributed by atoms with E-state index in [4.69, 9.17) is 0 Å². The SMILES string of the molecule is CC(S)C([O])=O. The molecular formula is C3H5O2S. The van der Waals surface area contributed by atoms with E-state index in [1.54, 1.807) is 0 Å². The van der Waals surface area contributed by atoms with E-state index in [1.165, 1.54) is 6.92 Å². The summed E-state index contributed by atoms with van der Waals surface area (Å²) in [5.41, 5.74) is 0. The smallest absolute Gasteiger partial charge is 0.246 e. The Balaban J connectivity index is 3.26. The number of thiol groups is 1. The highest BCUT2D eigenvalue weighted by atomic mass is 32.1. The summed E-state index contributed by atoms with van der Waals surface area (Å²) in [6, 6.07) is 0. The lowest BCUT2D eigenvalue weighted by molar-refractivity contribution is -0.142. The fourth-order valence-corrected chi connectivity index (χ4v) is 0. The molecule has 3 heteroatoms. The Kier molecular flexibility index (Phi) is 2.01. The molecule has 0 aliphatic rings. The van der Waals surface area contributed by atoms with Gasteiger partial charge in [-0.1, -0.05) is 0 Å². The summed E-state index contributed by atoms with van der Waals surface area (Å²) < 4.78 is 0. The molecule has 1 radical (unpaired) electrons. The second kappa shape index (κ2) is 2.08. The van der Waals surface area contributed by atoms with Crippen LogP contribution in [0.4, 0.5) is 0 Å². The fraction of sp³-hybridized carbons (Fsp3) is 0.667. The molecule has 35 valence electrons. The molecule has 0 N–H and O–H groups in total. The van der Waals surface area contributed by atoms with Gasteiger partial charge in [-0.25, -0.2) is 9.90 Å². The molecule has 0 fully saturated rings. The van der Waals surface area contributed by atoms with Gasteiger partial charge in [-0.05, 0) is 6.92 Å². The van der Waals surface area contributed by atoms with Gasteiger partial charge in [0.25, 0.3) is 0 Å². The standard InChI is InChI=1S/C3H5O2S/c1-2(6)3(4)5/h2,6H,1H3. The van der Waals surface area contributed by atoms with Crippen LogP contribution in [0.25, 0.3) is 0 Å². The lowest BCUT2D eigenvalue weighted by Crippen LogP contribution is -2.05. The highest BCUT2D eigenvalue weighted by Crippen LogP contribution is 1.89. The second-order valence-corrected chi connectivity index (χ2v) is 1.77. The molecule has 0 aromatic heterocycles. The molecule has 0 amide bonds. The predicted molar refractivity (Wildman–Crippen MR) is 24.1 cm³/mol. The van der Waals surface area contributed by atoms with Gasteiger partial charge in [0, 0.05) is 0 Å². The zero-order chi connectivity index (χ0) is 5.15. The molecule has 0 bridgehead atoms. The zero-order valence-electron chi connectivity index (χ0n) is 3.34. The van der Waals surface area contributed by atoms with Gasteiger partial charge in [0.15, 0.2) is 0 Å². The van der Waals surface area contributed by atoms with Crippen LogP contribution in [0.2, 0.25) is 0 Å². The van der Waals surface area contributed by atoms with Crippen LogP contribution < -0.4 is 0 Å². The molecule has 0 saturated carbocycles. The number of hydrogen-bond donors (Lipinski definition) is 1. The van der Waals surface area contributed by atoms with Crippen molar-refractivity contribution in [2.75, 3.05) is 0 Å². The van der Waals surface area contributed by atoms with Crippen LogP contribution in [0.15, 0.2) is 0 Å². The molecule has 1 unspecified atom stereocenters. The lowest BCUT2D eigenvalue weighted by atomic mass is 10.5. The van der Waals surface area contributed by atoms with Gasteiger partial charge in [-0.3, -0.25) is 0 Å². The van der Waals surface area contributed by atoms with Gasteiger partial charge in [0.1, 0.15) is 5.25 Å². The maximum absolute atomic E-state index is 9.51.